The van der Waals surface area contributed by atoms with Gasteiger partial charge in [-0.15, -0.1) is 0 Å². The van der Waals surface area contributed by atoms with Crippen LogP contribution in [0.4, 0.5) is 0 Å². The molecule has 2 aromatic carbocycles. The first-order valence-corrected chi connectivity index (χ1v) is 15.5. The minimum absolute atomic E-state index is 0.0679. The molecule has 0 aliphatic carbocycles. The molecule has 0 radical (unpaired) electrons. The summed E-state index contributed by atoms with van der Waals surface area (Å²) in [6.45, 7) is 3.42. The molecule has 1 aliphatic heterocycles. The first-order chi connectivity index (χ1) is 20.3. The zero-order valence-corrected chi connectivity index (χ0v) is 25.6. The summed E-state index contributed by atoms with van der Waals surface area (Å²) in [4.78, 5) is 23.8. The number of nitrogens with one attached hydrogen (secondary N) is 3. The van der Waals surface area contributed by atoms with Crippen LogP contribution in [0.2, 0.25) is 0 Å². The number of ether oxygens (including phenoxy) is 1. The highest BCUT2D eigenvalue weighted by Gasteiger charge is 2.45. The number of carboxylic acids is 1. The van der Waals surface area contributed by atoms with Crippen molar-refractivity contribution in [2.75, 3.05) is 19.7 Å². The van der Waals surface area contributed by atoms with Crippen LogP contribution in [0.15, 0.2) is 59.5 Å². The molecule has 0 saturated carbocycles. The number of sulfonamides is 1. The minimum atomic E-state index is -4.27. The smallest absolute Gasteiger partial charge is 0.322 e. The van der Waals surface area contributed by atoms with Crippen LogP contribution in [0.5, 0.6) is 0 Å². The Balaban J connectivity index is 1.77. The Morgan fingerprint density at radius 3 is 2.14 bits per heavy atom. The number of aliphatic hydroxyl groups is 3. The summed E-state index contributed by atoms with van der Waals surface area (Å²) >= 11 is 5.31. The number of aliphatic carboxylic acids is 1. The summed E-state index contributed by atoms with van der Waals surface area (Å²) in [5, 5.41) is 48.1. The van der Waals surface area contributed by atoms with E-state index in [0.29, 0.717) is 0 Å². The number of benzene rings is 2. The fourth-order valence-electron chi connectivity index (χ4n) is 4.83. The van der Waals surface area contributed by atoms with Gasteiger partial charge in [0, 0.05) is 20.0 Å². The van der Waals surface area contributed by atoms with Gasteiger partial charge in [0.25, 0.3) is 0 Å². The lowest BCUT2D eigenvalue weighted by molar-refractivity contribution is -0.198. The first kappa shape index (κ1) is 34.3. The quantitative estimate of drug-likeness (QED) is 0.152. The number of thiocarbonyl (C=S) groups is 1. The predicted octanol–water partition coefficient (Wildman–Crippen LogP) is -0.139. The van der Waals surface area contributed by atoms with Crippen LogP contribution in [0.3, 0.4) is 0 Å². The molecular formula is C28H38N4O9S2. The Hall–Kier alpha value is -3.18. The van der Waals surface area contributed by atoms with Crippen molar-refractivity contribution < 1.29 is 43.2 Å². The van der Waals surface area contributed by atoms with E-state index in [-0.39, 0.29) is 23.1 Å². The van der Waals surface area contributed by atoms with Crippen molar-refractivity contribution in [1.29, 1.82) is 0 Å². The van der Waals surface area contributed by atoms with Gasteiger partial charge in [-0.25, -0.2) is 8.42 Å². The number of carboxylic acid groups (broad SMARTS) is 1. The molecule has 1 fully saturated rings. The van der Waals surface area contributed by atoms with Crippen molar-refractivity contribution in [2.24, 2.45) is 5.92 Å². The summed E-state index contributed by atoms with van der Waals surface area (Å²) in [6, 6.07) is 13.0. The number of hydrogen-bond donors (Lipinski definition) is 7. The molecule has 1 heterocycles. The van der Waals surface area contributed by atoms with E-state index in [4.69, 9.17) is 17.0 Å². The van der Waals surface area contributed by atoms with Crippen LogP contribution in [0.1, 0.15) is 20.8 Å². The molecule has 1 amide bonds. The lowest BCUT2D eigenvalue weighted by Crippen LogP contribution is -2.68. The topological polar surface area (TPSA) is 198 Å². The van der Waals surface area contributed by atoms with Crippen LogP contribution in [0.25, 0.3) is 11.1 Å². The number of carbonyl (C=O) groups excluding carboxylic acids is 1. The van der Waals surface area contributed by atoms with Crippen molar-refractivity contribution in [3.8, 4) is 11.1 Å². The van der Waals surface area contributed by atoms with Crippen molar-refractivity contribution in [2.45, 2.75) is 62.3 Å². The molecule has 7 N–H and O–H groups in total. The SMILES string of the molecule is CC(=O)N[C@@H]1[C@@H](O)[C@H](O)[C@@H](CO)O[C@H]1NC(=S)NCCN([C@@H](C(=O)O)C(C)C)S(=O)(=O)c1ccc(-c2ccccc2)cc1. The number of aliphatic hydroxyl groups excluding tert-OH is 3. The highest BCUT2D eigenvalue weighted by atomic mass is 32.2. The summed E-state index contributed by atoms with van der Waals surface area (Å²) in [7, 11) is -4.27. The number of carbonyl (C=O) groups is 2. The van der Waals surface area contributed by atoms with Gasteiger partial charge < -0.3 is 41.1 Å². The van der Waals surface area contributed by atoms with Gasteiger partial charge in [0.15, 0.2) is 11.3 Å². The molecule has 0 bridgehead atoms. The summed E-state index contributed by atoms with van der Waals surface area (Å²) in [5.74, 6) is -2.39. The Kier molecular flexibility index (Phi) is 12.0. The van der Waals surface area contributed by atoms with E-state index in [1.165, 1.54) is 19.1 Å². The van der Waals surface area contributed by atoms with Crippen molar-refractivity contribution >= 4 is 39.2 Å². The van der Waals surface area contributed by atoms with Crippen molar-refractivity contribution in [1.82, 2.24) is 20.3 Å². The second-order valence-corrected chi connectivity index (χ2v) is 12.7. The van der Waals surface area contributed by atoms with Gasteiger partial charge in [0.1, 0.15) is 30.4 Å². The Morgan fingerprint density at radius 2 is 1.60 bits per heavy atom. The minimum Gasteiger partial charge on any atom is -0.480 e. The van der Waals surface area contributed by atoms with Crippen molar-refractivity contribution in [3.05, 3.63) is 54.6 Å². The molecule has 1 saturated heterocycles. The molecule has 6 atom stereocenters. The molecule has 1 aliphatic rings. The average molecular weight is 639 g/mol. The maximum Gasteiger partial charge on any atom is 0.322 e. The third-order valence-corrected chi connectivity index (χ3v) is 9.11. The summed E-state index contributed by atoms with van der Waals surface area (Å²) < 4.78 is 34.0. The van der Waals surface area contributed by atoms with Gasteiger partial charge >= 0.3 is 5.97 Å². The molecule has 0 aromatic heterocycles. The van der Waals surface area contributed by atoms with Gasteiger partial charge in [-0.05, 0) is 41.4 Å². The second kappa shape index (κ2) is 15.0. The number of amides is 1. The molecule has 236 valence electrons. The maximum absolute atomic E-state index is 13.8. The molecule has 43 heavy (non-hydrogen) atoms. The molecule has 0 spiro atoms. The molecule has 0 unspecified atom stereocenters. The molecule has 2 aromatic rings. The standard InChI is InChI=1S/C28H38N4O9S2/c1-16(2)23(27(37)38)32(43(39,40)20-11-9-19(10-12-20)18-7-5-4-6-8-18)14-13-29-28(42)31-26-22(30-17(3)34)25(36)24(35)21(15-33)41-26/h4-12,16,21-26,33,35-36H,13-15H2,1-3H3,(H,30,34)(H,37,38)(H2,29,31,42)/t21-,22-,23-,24-,25-,26-/m1/s1. The van der Waals surface area contributed by atoms with E-state index >= 15 is 0 Å². The van der Waals surface area contributed by atoms with Gasteiger partial charge in [0.05, 0.1) is 11.5 Å². The summed E-state index contributed by atoms with van der Waals surface area (Å²) in [5.41, 5.74) is 1.69. The summed E-state index contributed by atoms with van der Waals surface area (Å²) in [6.07, 6.45) is -5.31. The van der Waals surface area contributed by atoms with E-state index < -0.39 is 71.0 Å². The normalized spacial score (nSPS) is 23.0. The van der Waals surface area contributed by atoms with Gasteiger partial charge in [-0.3, -0.25) is 9.59 Å². The van der Waals surface area contributed by atoms with Crippen LogP contribution >= 0.6 is 12.2 Å². The fraction of sp³-hybridized carbons (Fsp3) is 0.464. The van der Waals surface area contributed by atoms with Crippen LogP contribution in [-0.4, -0.2) is 106 Å². The predicted molar refractivity (Wildman–Crippen MR) is 161 cm³/mol. The van der Waals surface area contributed by atoms with Gasteiger partial charge in [-0.2, -0.15) is 4.31 Å². The van der Waals surface area contributed by atoms with Crippen LogP contribution in [0, 0.1) is 5.92 Å². The van der Waals surface area contributed by atoms with Crippen molar-refractivity contribution in [3.63, 3.8) is 0 Å². The highest BCUT2D eigenvalue weighted by molar-refractivity contribution is 7.89. The Morgan fingerprint density at radius 1 is 1.00 bits per heavy atom. The zero-order chi connectivity index (χ0) is 31.9. The van der Waals surface area contributed by atoms with Crippen LogP contribution in [-0.2, 0) is 24.3 Å². The Bertz CT molecular complexity index is 1360. The van der Waals surface area contributed by atoms with Gasteiger partial charge in [0.2, 0.25) is 15.9 Å². The fourth-order valence-corrected chi connectivity index (χ4v) is 6.76. The van der Waals surface area contributed by atoms with E-state index in [1.54, 1.807) is 26.0 Å². The third kappa shape index (κ3) is 8.47. The van der Waals surface area contributed by atoms with Crippen LogP contribution < -0.4 is 16.0 Å². The molecule has 15 heteroatoms. The van der Waals surface area contributed by atoms with E-state index in [9.17, 15) is 38.4 Å². The lowest BCUT2D eigenvalue weighted by atomic mass is 9.96. The molecular weight excluding hydrogens is 600 g/mol. The maximum atomic E-state index is 13.8. The third-order valence-electron chi connectivity index (χ3n) is 6.95. The number of nitrogens with zero attached hydrogens (tertiary/aromatic N) is 1. The first-order valence-electron chi connectivity index (χ1n) is 13.6. The zero-order valence-electron chi connectivity index (χ0n) is 24.0. The second-order valence-electron chi connectivity index (χ2n) is 10.4. The van der Waals surface area contributed by atoms with E-state index in [1.807, 2.05) is 30.3 Å². The lowest BCUT2D eigenvalue weighted by Gasteiger charge is -2.43. The monoisotopic (exact) mass is 638 g/mol. The largest absolute Gasteiger partial charge is 0.480 e. The molecule has 13 nitrogen and oxygen atoms in total. The number of rotatable bonds is 12. The highest BCUT2D eigenvalue weighted by Crippen LogP contribution is 2.26. The average Bonchev–Trinajstić information content (AvgIpc) is 2.96. The Labute approximate surface area is 255 Å². The van der Waals surface area contributed by atoms with E-state index in [2.05, 4.69) is 16.0 Å². The molecule has 3 rings (SSSR count). The number of hydrogen-bond acceptors (Lipinski definition) is 9. The van der Waals surface area contributed by atoms with E-state index in [0.717, 1.165) is 15.4 Å². The van der Waals surface area contributed by atoms with Gasteiger partial charge in [-0.1, -0.05) is 56.3 Å².